The van der Waals surface area contributed by atoms with Gasteiger partial charge in [0.05, 0.1) is 11.4 Å². The molecule has 0 fully saturated rings. The molecule has 2 aromatic rings. The van der Waals surface area contributed by atoms with Crippen LogP contribution < -0.4 is 14.4 Å². The first-order valence-electron chi connectivity index (χ1n) is 9.01. The quantitative estimate of drug-likeness (QED) is 0.753. The van der Waals surface area contributed by atoms with Crippen LogP contribution in [-0.4, -0.2) is 39.8 Å². The van der Waals surface area contributed by atoms with Gasteiger partial charge in [-0.2, -0.15) is 0 Å². The Hall–Kier alpha value is -2.38. The topological polar surface area (TPSA) is 75.7 Å². The molecule has 144 valence electrons. The van der Waals surface area contributed by atoms with Gasteiger partial charge in [0.15, 0.2) is 6.10 Å². The van der Waals surface area contributed by atoms with E-state index in [1.165, 1.54) is 0 Å². The standard InChI is InChI=1S/C20H24N2O4S/c1-22-17-11-5-6-12-18(17)26-19(20(22)23)13-14-21-27(24,25)15-7-10-16-8-3-2-4-9-16/h2-6,8-9,11-12,19,21H,7,10,13-15H2,1H3. The number of amides is 1. The van der Waals surface area contributed by atoms with E-state index in [9.17, 15) is 13.2 Å². The lowest BCUT2D eigenvalue weighted by Gasteiger charge is -2.31. The number of fused-ring (bicyclic) bond motifs is 1. The fourth-order valence-electron chi connectivity index (χ4n) is 3.08. The summed E-state index contributed by atoms with van der Waals surface area (Å²) in [5.41, 5.74) is 1.84. The molecule has 0 aromatic heterocycles. The third-order valence-corrected chi connectivity index (χ3v) is 6.02. The first kappa shape index (κ1) is 19.4. The lowest BCUT2D eigenvalue weighted by Crippen LogP contribution is -2.45. The summed E-state index contributed by atoms with van der Waals surface area (Å²) < 4.78 is 32.6. The van der Waals surface area contributed by atoms with Gasteiger partial charge in [0.25, 0.3) is 5.91 Å². The van der Waals surface area contributed by atoms with E-state index in [1.54, 1.807) is 18.0 Å². The monoisotopic (exact) mass is 388 g/mol. The zero-order valence-electron chi connectivity index (χ0n) is 15.3. The number of carbonyl (C=O) groups is 1. The number of hydrogen-bond acceptors (Lipinski definition) is 4. The second kappa shape index (κ2) is 8.54. The fourth-order valence-corrected chi connectivity index (χ4v) is 4.18. The minimum atomic E-state index is -3.37. The summed E-state index contributed by atoms with van der Waals surface area (Å²) >= 11 is 0. The number of benzene rings is 2. The summed E-state index contributed by atoms with van der Waals surface area (Å²) in [5.74, 6) is 0.525. The molecule has 1 aliphatic heterocycles. The highest BCUT2D eigenvalue weighted by atomic mass is 32.2. The summed E-state index contributed by atoms with van der Waals surface area (Å²) in [6.07, 6.45) is 0.869. The van der Waals surface area contributed by atoms with Crippen LogP contribution in [0.1, 0.15) is 18.4 Å². The van der Waals surface area contributed by atoms with Crippen LogP contribution in [0.15, 0.2) is 54.6 Å². The third kappa shape index (κ3) is 5.08. The maximum absolute atomic E-state index is 12.4. The molecule has 0 saturated carbocycles. The van der Waals surface area contributed by atoms with Crippen molar-refractivity contribution in [1.29, 1.82) is 0 Å². The smallest absolute Gasteiger partial charge is 0.267 e. The minimum absolute atomic E-state index is 0.0596. The largest absolute Gasteiger partial charge is 0.478 e. The Morgan fingerprint density at radius 2 is 1.78 bits per heavy atom. The third-order valence-electron chi connectivity index (χ3n) is 4.55. The summed E-state index contributed by atoms with van der Waals surface area (Å²) in [5, 5.41) is 0. The molecule has 1 amide bonds. The number of nitrogens with one attached hydrogen (secondary N) is 1. The second-order valence-electron chi connectivity index (χ2n) is 6.56. The molecule has 3 rings (SSSR count). The number of nitrogens with zero attached hydrogens (tertiary/aromatic N) is 1. The van der Waals surface area contributed by atoms with Crippen LogP contribution in [0.5, 0.6) is 5.75 Å². The first-order chi connectivity index (χ1) is 13.0. The van der Waals surface area contributed by atoms with E-state index >= 15 is 0 Å². The van der Waals surface area contributed by atoms with Crippen LogP contribution in [-0.2, 0) is 21.2 Å². The minimum Gasteiger partial charge on any atom is -0.478 e. The normalized spacial score (nSPS) is 16.7. The Bertz CT molecular complexity index is 884. The maximum atomic E-state index is 12.4. The van der Waals surface area contributed by atoms with Crippen molar-refractivity contribution in [2.24, 2.45) is 0 Å². The molecule has 7 heteroatoms. The maximum Gasteiger partial charge on any atom is 0.267 e. The Morgan fingerprint density at radius 3 is 2.56 bits per heavy atom. The molecule has 6 nitrogen and oxygen atoms in total. The molecule has 2 aromatic carbocycles. The van der Waals surface area contributed by atoms with Gasteiger partial charge in [-0.15, -0.1) is 0 Å². The van der Waals surface area contributed by atoms with Crippen LogP contribution in [0.4, 0.5) is 5.69 Å². The van der Waals surface area contributed by atoms with Gasteiger partial charge in [-0.05, 0) is 30.5 Å². The molecule has 0 spiro atoms. The van der Waals surface area contributed by atoms with Crippen molar-refractivity contribution in [1.82, 2.24) is 4.72 Å². The predicted molar refractivity (Wildman–Crippen MR) is 105 cm³/mol. The van der Waals surface area contributed by atoms with Gasteiger partial charge < -0.3 is 9.64 Å². The summed E-state index contributed by atoms with van der Waals surface area (Å²) in [6.45, 7) is 0.167. The average molecular weight is 388 g/mol. The molecular weight excluding hydrogens is 364 g/mol. The first-order valence-corrected chi connectivity index (χ1v) is 10.7. The number of carbonyl (C=O) groups excluding carboxylic acids is 1. The van der Waals surface area contributed by atoms with Crippen molar-refractivity contribution in [3.63, 3.8) is 0 Å². The molecule has 1 atom stereocenters. The molecular formula is C20H24N2O4S. The van der Waals surface area contributed by atoms with Gasteiger partial charge in [-0.25, -0.2) is 13.1 Å². The molecule has 0 radical (unpaired) electrons. The van der Waals surface area contributed by atoms with E-state index in [1.807, 2.05) is 48.5 Å². The van der Waals surface area contributed by atoms with Crippen LogP contribution in [0, 0.1) is 0 Å². The number of anilines is 1. The molecule has 27 heavy (non-hydrogen) atoms. The second-order valence-corrected chi connectivity index (χ2v) is 8.49. The van der Waals surface area contributed by atoms with Gasteiger partial charge >= 0.3 is 0 Å². The van der Waals surface area contributed by atoms with Crippen molar-refractivity contribution < 1.29 is 17.9 Å². The molecule has 1 N–H and O–H groups in total. The molecule has 1 heterocycles. The molecule has 0 aliphatic carbocycles. The number of sulfonamides is 1. The lowest BCUT2D eigenvalue weighted by atomic mass is 10.1. The highest BCUT2D eigenvalue weighted by molar-refractivity contribution is 7.89. The Labute approximate surface area is 160 Å². The number of para-hydroxylation sites is 2. The molecule has 0 saturated heterocycles. The van der Waals surface area contributed by atoms with Crippen LogP contribution >= 0.6 is 0 Å². The summed E-state index contributed by atoms with van der Waals surface area (Å²) in [6, 6.07) is 17.1. The van der Waals surface area contributed by atoms with Crippen LogP contribution in [0.25, 0.3) is 0 Å². The Morgan fingerprint density at radius 1 is 1.07 bits per heavy atom. The molecule has 0 bridgehead atoms. The van der Waals surface area contributed by atoms with Crippen LogP contribution in [0.2, 0.25) is 0 Å². The summed E-state index contributed by atoms with van der Waals surface area (Å²) in [7, 11) is -1.68. The van der Waals surface area contributed by atoms with Gasteiger partial charge in [0, 0.05) is 20.0 Å². The van der Waals surface area contributed by atoms with Gasteiger partial charge in [0.1, 0.15) is 5.75 Å². The highest BCUT2D eigenvalue weighted by Crippen LogP contribution is 2.33. The number of hydrogen-bond donors (Lipinski definition) is 1. The van der Waals surface area contributed by atoms with Crippen LogP contribution in [0.3, 0.4) is 0 Å². The number of likely N-dealkylation sites (N-methyl/N-ethyl adjacent to an activating group) is 1. The van der Waals surface area contributed by atoms with Crippen molar-refractivity contribution >= 4 is 21.6 Å². The SMILES string of the molecule is CN1C(=O)C(CCNS(=O)(=O)CCCc2ccccc2)Oc2ccccc21. The fraction of sp³-hybridized carbons (Fsp3) is 0.350. The number of rotatable bonds is 8. The van der Waals surface area contributed by atoms with Crippen molar-refractivity contribution in [3.8, 4) is 5.75 Å². The number of ether oxygens (including phenoxy) is 1. The van der Waals surface area contributed by atoms with Gasteiger partial charge in [0.2, 0.25) is 10.0 Å². The van der Waals surface area contributed by atoms with Gasteiger partial charge in [-0.3, -0.25) is 4.79 Å². The Kier molecular flexibility index (Phi) is 6.13. The van der Waals surface area contributed by atoms with E-state index in [4.69, 9.17) is 4.74 Å². The van der Waals surface area contributed by atoms with E-state index in [2.05, 4.69) is 4.72 Å². The lowest BCUT2D eigenvalue weighted by molar-refractivity contribution is -0.126. The van der Waals surface area contributed by atoms with Crippen molar-refractivity contribution in [3.05, 3.63) is 60.2 Å². The zero-order valence-corrected chi connectivity index (χ0v) is 16.1. The van der Waals surface area contributed by atoms with E-state index in [-0.39, 0.29) is 24.6 Å². The highest BCUT2D eigenvalue weighted by Gasteiger charge is 2.31. The van der Waals surface area contributed by atoms with E-state index in [0.29, 0.717) is 18.6 Å². The zero-order chi connectivity index (χ0) is 19.3. The Balaban J connectivity index is 1.47. The average Bonchev–Trinajstić information content (AvgIpc) is 2.66. The number of aryl methyl sites for hydroxylation is 1. The van der Waals surface area contributed by atoms with Gasteiger partial charge in [-0.1, -0.05) is 42.5 Å². The van der Waals surface area contributed by atoms with E-state index in [0.717, 1.165) is 11.3 Å². The van der Waals surface area contributed by atoms with Crippen molar-refractivity contribution in [2.45, 2.75) is 25.4 Å². The summed E-state index contributed by atoms with van der Waals surface area (Å²) in [4.78, 5) is 13.9. The molecule has 1 unspecified atom stereocenters. The predicted octanol–water partition coefficient (Wildman–Crippen LogP) is 2.35. The van der Waals surface area contributed by atoms with E-state index < -0.39 is 16.1 Å². The van der Waals surface area contributed by atoms with Crippen molar-refractivity contribution in [2.75, 3.05) is 24.2 Å². The molecule has 1 aliphatic rings.